The SMILES string of the molecule is CCNC(=O)Nc1nncc2cc(C=NO)ccc12. The van der Waals surface area contributed by atoms with Crippen molar-refractivity contribution in [2.24, 2.45) is 5.16 Å². The third kappa shape index (κ3) is 2.95. The molecule has 0 aliphatic carbocycles. The standard InChI is InChI=1S/C12H13N5O2/c1-2-13-12(18)16-11-10-4-3-8(6-15-19)5-9(10)7-14-17-11/h3-7,19H,2H2,1H3,(H2,13,16,17,18). The van der Waals surface area contributed by atoms with Gasteiger partial charge in [-0.1, -0.05) is 11.2 Å². The molecule has 3 N–H and O–H groups in total. The Labute approximate surface area is 109 Å². The Morgan fingerprint density at radius 3 is 3.11 bits per heavy atom. The second-order valence-corrected chi connectivity index (χ2v) is 3.77. The number of nitrogens with zero attached hydrogens (tertiary/aromatic N) is 3. The lowest BCUT2D eigenvalue weighted by atomic mass is 10.1. The number of hydrogen-bond donors (Lipinski definition) is 3. The zero-order valence-corrected chi connectivity index (χ0v) is 10.3. The molecule has 0 unspecified atom stereocenters. The maximum absolute atomic E-state index is 11.5. The van der Waals surface area contributed by atoms with Crippen LogP contribution in [0.1, 0.15) is 12.5 Å². The van der Waals surface area contributed by atoms with Crippen molar-refractivity contribution in [3.8, 4) is 0 Å². The van der Waals surface area contributed by atoms with E-state index in [2.05, 4.69) is 26.0 Å². The second kappa shape index (κ2) is 5.76. The Morgan fingerprint density at radius 2 is 2.37 bits per heavy atom. The molecular formula is C12H13N5O2. The van der Waals surface area contributed by atoms with Crippen LogP contribution in [-0.4, -0.2) is 34.2 Å². The number of amides is 2. The minimum absolute atomic E-state index is 0.328. The van der Waals surface area contributed by atoms with Gasteiger partial charge in [-0.25, -0.2) is 4.79 Å². The van der Waals surface area contributed by atoms with E-state index in [1.165, 1.54) is 6.21 Å². The maximum Gasteiger partial charge on any atom is 0.320 e. The first-order chi connectivity index (χ1) is 9.24. The van der Waals surface area contributed by atoms with Crippen LogP contribution in [0.4, 0.5) is 10.6 Å². The summed E-state index contributed by atoms with van der Waals surface area (Å²) >= 11 is 0. The minimum atomic E-state index is -0.328. The number of carbonyl (C=O) groups excluding carboxylic acids is 1. The molecule has 7 heteroatoms. The Bertz CT molecular complexity index is 627. The number of nitrogens with one attached hydrogen (secondary N) is 2. The highest BCUT2D eigenvalue weighted by molar-refractivity contribution is 6.00. The normalized spacial score (nSPS) is 10.8. The molecular weight excluding hydrogens is 246 g/mol. The van der Waals surface area contributed by atoms with E-state index >= 15 is 0 Å². The summed E-state index contributed by atoms with van der Waals surface area (Å²) in [5.74, 6) is 0.385. The molecule has 19 heavy (non-hydrogen) atoms. The van der Waals surface area contributed by atoms with Crippen molar-refractivity contribution in [1.82, 2.24) is 15.5 Å². The summed E-state index contributed by atoms with van der Waals surface area (Å²) in [6.45, 7) is 2.36. The zero-order chi connectivity index (χ0) is 13.7. The van der Waals surface area contributed by atoms with Gasteiger partial charge in [0.1, 0.15) is 0 Å². The molecule has 7 nitrogen and oxygen atoms in total. The van der Waals surface area contributed by atoms with Crippen LogP contribution in [-0.2, 0) is 0 Å². The van der Waals surface area contributed by atoms with E-state index in [9.17, 15) is 4.79 Å². The summed E-state index contributed by atoms with van der Waals surface area (Å²) in [7, 11) is 0. The fourth-order valence-electron chi connectivity index (χ4n) is 1.66. The zero-order valence-electron chi connectivity index (χ0n) is 10.3. The van der Waals surface area contributed by atoms with Crippen LogP contribution in [0.2, 0.25) is 0 Å². The summed E-state index contributed by atoms with van der Waals surface area (Å²) in [5, 5.41) is 26.0. The molecule has 2 amide bonds. The summed E-state index contributed by atoms with van der Waals surface area (Å²) in [6.07, 6.45) is 2.89. The number of anilines is 1. The van der Waals surface area contributed by atoms with Crippen LogP contribution in [0.3, 0.4) is 0 Å². The number of carbonyl (C=O) groups is 1. The van der Waals surface area contributed by atoms with Crippen LogP contribution < -0.4 is 10.6 Å². The quantitative estimate of drug-likeness (QED) is 0.442. The van der Waals surface area contributed by atoms with Gasteiger partial charge in [-0.2, -0.15) is 5.10 Å². The Kier molecular flexibility index (Phi) is 3.87. The topological polar surface area (TPSA) is 99.5 Å². The first-order valence-electron chi connectivity index (χ1n) is 5.72. The van der Waals surface area contributed by atoms with Gasteiger partial charge in [-0.3, -0.25) is 5.32 Å². The molecule has 0 spiro atoms. The monoisotopic (exact) mass is 259 g/mol. The van der Waals surface area contributed by atoms with E-state index in [1.54, 1.807) is 24.4 Å². The third-order valence-electron chi connectivity index (χ3n) is 2.46. The summed E-state index contributed by atoms with van der Waals surface area (Å²) < 4.78 is 0. The molecule has 1 aromatic carbocycles. The number of oxime groups is 1. The molecule has 2 rings (SSSR count). The fourth-order valence-corrected chi connectivity index (χ4v) is 1.66. The number of fused-ring (bicyclic) bond motifs is 1. The molecule has 98 valence electrons. The van der Waals surface area contributed by atoms with Gasteiger partial charge in [0.2, 0.25) is 0 Å². The molecule has 0 fully saturated rings. The van der Waals surface area contributed by atoms with E-state index in [0.717, 1.165) is 16.3 Å². The number of aromatic nitrogens is 2. The van der Waals surface area contributed by atoms with Crippen LogP contribution in [0.25, 0.3) is 10.8 Å². The fraction of sp³-hybridized carbons (Fsp3) is 0.167. The Morgan fingerprint density at radius 1 is 1.53 bits per heavy atom. The molecule has 1 heterocycles. The first kappa shape index (κ1) is 12.7. The molecule has 0 radical (unpaired) electrons. The third-order valence-corrected chi connectivity index (χ3v) is 2.46. The van der Waals surface area contributed by atoms with Crippen molar-refractivity contribution in [2.75, 3.05) is 11.9 Å². The van der Waals surface area contributed by atoms with Gasteiger partial charge < -0.3 is 10.5 Å². The summed E-state index contributed by atoms with van der Waals surface area (Å²) in [4.78, 5) is 11.5. The summed E-state index contributed by atoms with van der Waals surface area (Å²) in [6, 6.07) is 4.99. The first-order valence-corrected chi connectivity index (χ1v) is 5.72. The largest absolute Gasteiger partial charge is 0.411 e. The van der Waals surface area contributed by atoms with Crippen LogP contribution >= 0.6 is 0 Å². The summed E-state index contributed by atoms with van der Waals surface area (Å²) in [5.41, 5.74) is 0.729. The number of rotatable bonds is 3. The number of benzene rings is 1. The van der Waals surface area contributed by atoms with Gasteiger partial charge in [0, 0.05) is 17.3 Å². The minimum Gasteiger partial charge on any atom is -0.411 e. The van der Waals surface area contributed by atoms with Gasteiger partial charge in [0.05, 0.1) is 12.4 Å². The number of urea groups is 1. The van der Waals surface area contributed by atoms with Gasteiger partial charge in [0.25, 0.3) is 0 Å². The average molecular weight is 259 g/mol. The number of hydrogen-bond acceptors (Lipinski definition) is 5. The van der Waals surface area contributed by atoms with E-state index < -0.39 is 0 Å². The molecule has 2 aromatic rings. The second-order valence-electron chi connectivity index (χ2n) is 3.77. The van der Waals surface area contributed by atoms with Crippen molar-refractivity contribution >= 4 is 28.8 Å². The van der Waals surface area contributed by atoms with Crippen molar-refractivity contribution in [3.63, 3.8) is 0 Å². The van der Waals surface area contributed by atoms with E-state index in [4.69, 9.17) is 5.21 Å². The van der Waals surface area contributed by atoms with E-state index in [1.807, 2.05) is 6.92 Å². The highest BCUT2D eigenvalue weighted by Crippen LogP contribution is 2.20. The van der Waals surface area contributed by atoms with Gasteiger partial charge in [0.15, 0.2) is 5.82 Å². The van der Waals surface area contributed by atoms with Crippen molar-refractivity contribution in [1.29, 1.82) is 0 Å². The van der Waals surface area contributed by atoms with E-state index in [-0.39, 0.29) is 6.03 Å². The molecule has 1 aromatic heterocycles. The predicted octanol–water partition coefficient (Wildman–Crippen LogP) is 1.58. The smallest absolute Gasteiger partial charge is 0.320 e. The average Bonchev–Trinajstić information content (AvgIpc) is 2.39. The highest BCUT2D eigenvalue weighted by atomic mass is 16.4. The highest BCUT2D eigenvalue weighted by Gasteiger charge is 2.07. The lowest BCUT2D eigenvalue weighted by Crippen LogP contribution is -2.28. The molecule has 0 saturated carbocycles. The van der Waals surface area contributed by atoms with Gasteiger partial charge in [-0.05, 0) is 24.6 Å². The van der Waals surface area contributed by atoms with Crippen LogP contribution in [0.5, 0.6) is 0 Å². The Hall–Kier alpha value is -2.70. The Balaban J connectivity index is 2.37. The van der Waals surface area contributed by atoms with Crippen molar-refractivity contribution in [3.05, 3.63) is 30.0 Å². The molecule has 0 aliphatic rings. The van der Waals surface area contributed by atoms with E-state index in [0.29, 0.717) is 12.4 Å². The van der Waals surface area contributed by atoms with Gasteiger partial charge in [-0.15, -0.1) is 5.10 Å². The van der Waals surface area contributed by atoms with Crippen molar-refractivity contribution in [2.45, 2.75) is 6.92 Å². The lowest BCUT2D eigenvalue weighted by Gasteiger charge is -2.07. The molecule has 0 saturated heterocycles. The lowest BCUT2D eigenvalue weighted by molar-refractivity contribution is 0.252. The van der Waals surface area contributed by atoms with Crippen molar-refractivity contribution < 1.29 is 10.0 Å². The maximum atomic E-state index is 11.5. The predicted molar refractivity (Wildman–Crippen MR) is 71.6 cm³/mol. The molecule has 0 aliphatic heterocycles. The molecule has 0 atom stereocenters. The molecule has 0 bridgehead atoms. The van der Waals surface area contributed by atoms with Crippen LogP contribution in [0.15, 0.2) is 29.6 Å². The van der Waals surface area contributed by atoms with Gasteiger partial charge >= 0.3 is 6.03 Å². The van der Waals surface area contributed by atoms with Crippen LogP contribution in [0, 0.1) is 0 Å².